The molecule has 108 valence electrons. The number of carbonyl (C=O) groups is 1. The molecule has 1 heterocycles. The molecule has 0 saturated heterocycles. The SMILES string of the molecule is CCNC(=NCC(=O)N(C)C)N1CCc2ccccc21. The molecule has 0 atom stereocenters. The number of anilines is 1. The molecule has 5 heteroatoms. The minimum absolute atomic E-state index is 0.00730. The number of para-hydroxylation sites is 1. The molecule has 0 spiro atoms. The Bertz CT molecular complexity index is 510. The van der Waals surface area contributed by atoms with E-state index in [0.717, 1.165) is 25.5 Å². The van der Waals surface area contributed by atoms with Gasteiger partial charge in [-0.15, -0.1) is 0 Å². The second-order valence-electron chi connectivity index (χ2n) is 4.99. The van der Waals surface area contributed by atoms with Gasteiger partial charge in [0.25, 0.3) is 0 Å². The van der Waals surface area contributed by atoms with Crippen LogP contribution in [0, 0.1) is 0 Å². The molecule has 2 rings (SSSR count). The highest BCUT2D eigenvalue weighted by Crippen LogP contribution is 2.27. The van der Waals surface area contributed by atoms with Gasteiger partial charge in [-0.2, -0.15) is 0 Å². The number of nitrogens with one attached hydrogen (secondary N) is 1. The predicted molar refractivity (Wildman–Crippen MR) is 82.2 cm³/mol. The minimum Gasteiger partial charge on any atom is -0.356 e. The summed E-state index contributed by atoms with van der Waals surface area (Å²) >= 11 is 0. The van der Waals surface area contributed by atoms with Gasteiger partial charge in [-0.05, 0) is 25.0 Å². The molecule has 0 radical (unpaired) electrons. The molecule has 20 heavy (non-hydrogen) atoms. The Morgan fingerprint density at radius 1 is 1.40 bits per heavy atom. The maximum atomic E-state index is 11.7. The molecule has 5 nitrogen and oxygen atoms in total. The molecule has 1 aliphatic heterocycles. The first kappa shape index (κ1) is 14.4. The number of amides is 1. The van der Waals surface area contributed by atoms with Gasteiger partial charge in [-0.25, -0.2) is 4.99 Å². The van der Waals surface area contributed by atoms with Crippen LogP contribution in [0.4, 0.5) is 5.69 Å². The third-order valence-electron chi connectivity index (χ3n) is 3.34. The molecule has 0 bridgehead atoms. The molecule has 0 aromatic heterocycles. The van der Waals surface area contributed by atoms with Crippen LogP contribution in [0.5, 0.6) is 0 Å². The number of guanidine groups is 1. The number of aliphatic imine (C=N–C) groups is 1. The Kier molecular flexibility index (Phi) is 4.61. The zero-order valence-electron chi connectivity index (χ0n) is 12.4. The standard InChI is InChI=1S/C15H22N4O/c1-4-16-15(17-11-14(20)18(2)3)19-10-9-12-7-5-6-8-13(12)19/h5-8H,4,9-11H2,1-3H3,(H,16,17). The summed E-state index contributed by atoms with van der Waals surface area (Å²) < 4.78 is 0. The van der Waals surface area contributed by atoms with E-state index in [1.807, 2.05) is 13.0 Å². The Labute approximate surface area is 120 Å². The van der Waals surface area contributed by atoms with Gasteiger partial charge in [0, 0.05) is 32.9 Å². The van der Waals surface area contributed by atoms with Gasteiger partial charge in [0.2, 0.25) is 5.91 Å². The molecular weight excluding hydrogens is 252 g/mol. The van der Waals surface area contributed by atoms with Crippen molar-refractivity contribution in [1.29, 1.82) is 0 Å². The third kappa shape index (κ3) is 3.10. The number of hydrogen-bond donors (Lipinski definition) is 1. The second-order valence-corrected chi connectivity index (χ2v) is 4.99. The van der Waals surface area contributed by atoms with Crippen LogP contribution in [0.1, 0.15) is 12.5 Å². The molecule has 1 aromatic carbocycles. The number of nitrogens with zero attached hydrogens (tertiary/aromatic N) is 3. The maximum Gasteiger partial charge on any atom is 0.243 e. The van der Waals surface area contributed by atoms with Crippen LogP contribution in [0.2, 0.25) is 0 Å². The van der Waals surface area contributed by atoms with Crippen molar-refractivity contribution < 1.29 is 4.79 Å². The van der Waals surface area contributed by atoms with E-state index in [0.29, 0.717) is 0 Å². The summed E-state index contributed by atoms with van der Waals surface area (Å²) in [6.45, 7) is 3.90. The highest BCUT2D eigenvalue weighted by molar-refractivity contribution is 5.99. The number of rotatable bonds is 3. The van der Waals surface area contributed by atoms with Crippen LogP contribution in [0.25, 0.3) is 0 Å². The zero-order valence-corrected chi connectivity index (χ0v) is 12.4. The quantitative estimate of drug-likeness (QED) is 0.663. The van der Waals surface area contributed by atoms with E-state index < -0.39 is 0 Å². The monoisotopic (exact) mass is 274 g/mol. The number of likely N-dealkylation sites (N-methyl/N-ethyl adjacent to an activating group) is 1. The Hall–Kier alpha value is -2.04. The lowest BCUT2D eigenvalue weighted by Crippen LogP contribution is -2.41. The minimum atomic E-state index is 0.00730. The van der Waals surface area contributed by atoms with Crippen molar-refractivity contribution in [2.45, 2.75) is 13.3 Å². The van der Waals surface area contributed by atoms with Gasteiger partial charge in [0.15, 0.2) is 5.96 Å². The molecule has 0 unspecified atom stereocenters. The van der Waals surface area contributed by atoms with Crippen LogP contribution < -0.4 is 10.2 Å². The lowest BCUT2D eigenvalue weighted by Gasteiger charge is -2.22. The van der Waals surface area contributed by atoms with Gasteiger partial charge in [0.05, 0.1) is 0 Å². The average molecular weight is 274 g/mol. The fraction of sp³-hybridized carbons (Fsp3) is 0.467. The summed E-state index contributed by atoms with van der Waals surface area (Å²) in [4.78, 5) is 19.9. The summed E-state index contributed by atoms with van der Waals surface area (Å²) in [6, 6.07) is 8.33. The van der Waals surface area contributed by atoms with E-state index in [2.05, 4.69) is 33.4 Å². The van der Waals surface area contributed by atoms with Gasteiger partial charge in [0.1, 0.15) is 6.54 Å². The largest absolute Gasteiger partial charge is 0.356 e. The summed E-state index contributed by atoms with van der Waals surface area (Å²) in [5.74, 6) is 0.792. The number of hydrogen-bond acceptors (Lipinski definition) is 2. The zero-order chi connectivity index (χ0) is 14.5. The smallest absolute Gasteiger partial charge is 0.243 e. The lowest BCUT2D eigenvalue weighted by molar-refractivity contribution is -0.127. The van der Waals surface area contributed by atoms with E-state index >= 15 is 0 Å². The predicted octanol–water partition coefficient (Wildman–Crippen LogP) is 1.10. The normalized spacial score (nSPS) is 14.2. The van der Waals surface area contributed by atoms with Crippen molar-refractivity contribution in [3.05, 3.63) is 29.8 Å². The molecule has 1 aliphatic rings. The number of fused-ring (bicyclic) bond motifs is 1. The van der Waals surface area contributed by atoms with Gasteiger partial charge in [-0.1, -0.05) is 18.2 Å². The van der Waals surface area contributed by atoms with Crippen LogP contribution >= 0.6 is 0 Å². The van der Waals surface area contributed by atoms with Crippen LogP contribution in [0.3, 0.4) is 0 Å². The summed E-state index contributed by atoms with van der Waals surface area (Å²) in [6.07, 6.45) is 1.02. The van der Waals surface area contributed by atoms with E-state index in [1.165, 1.54) is 11.3 Å². The van der Waals surface area contributed by atoms with Gasteiger partial charge in [-0.3, -0.25) is 4.79 Å². The Morgan fingerprint density at radius 3 is 2.85 bits per heavy atom. The Balaban J connectivity index is 2.18. The maximum absolute atomic E-state index is 11.7. The number of benzene rings is 1. The first-order chi connectivity index (χ1) is 9.63. The number of carbonyl (C=O) groups excluding carboxylic acids is 1. The van der Waals surface area contributed by atoms with E-state index in [9.17, 15) is 4.79 Å². The van der Waals surface area contributed by atoms with Crippen molar-refractivity contribution in [1.82, 2.24) is 10.2 Å². The summed E-state index contributed by atoms with van der Waals surface area (Å²) in [7, 11) is 3.49. The molecule has 1 amide bonds. The van der Waals surface area contributed by atoms with Gasteiger partial charge >= 0.3 is 0 Å². The van der Waals surface area contributed by atoms with Crippen LogP contribution in [-0.4, -0.2) is 50.5 Å². The first-order valence-corrected chi connectivity index (χ1v) is 6.97. The fourth-order valence-corrected chi connectivity index (χ4v) is 2.24. The molecule has 0 fully saturated rings. The summed E-state index contributed by atoms with van der Waals surface area (Å²) in [5, 5.41) is 3.26. The second kappa shape index (κ2) is 6.41. The molecule has 0 saturated carbocycles. The van der Waals surface area contributed by atoms with E-state index in [4.69, 9.17) is 0 Å². The molecular formula is C15H22N4O. The van der Waals surface area contributed by atoms with Crippen molar-refractivity contribution in [3.8, 4) is 0 Å². The average Bonchev–Trinajstić information content (AvgIpc) is 2.87. The topological polar surface area (TPSA) is 47.9 Å². The van der Waals surface area contributed by atoms with Gasteiger partial charge < -0.3 is 15.1 Å². The highest BCUT2D eigenvalue weighted by Gasteiger charge is 2.22. The fourth-order valence-electron chi connectivity index (χ4n) is 2.24. The van der Waals surface area contributed by atoms with Crippen molar-refractivity contribution in [2.24, 2.45) is 4.99 Å². The molecule has 1 aromatic rings. The third-order valence-corrected chi connectivity index (χ3v) is 3.34. The van der Waals surface area contributed by atoms with Crippen molar-refractivity contribution >= 4 is 17.6 Å². The van der Waals surface area contributed by atoms with Crippen molar-refractivity contribution in [3.63, 3.8) is 0 Å². The van der Waals surface area contributed by atoms with Crippen LogP contribution in [0.15, 0.2) is 29.3 Å². The summed E-state index contributed by atoms with van der Waals surface area (Å²) in [5.41, 5.74) is 2.52. The highest BCUT2D eigenvalue weighted by atomic mass is 16.2. The Morgan fingerprint density at radius 2 is 2.15 bits per heavy atom. The first-order valence-electron chi connectivity index (χ1n) is 6.97. The molecule has 1 N–H and O–H groups in total. The van der Waals surface area contributed by atoms with Crippen LogP contribution in [-0.2, 0) is 11.2 Å². The van der Waals surface area contributed by atoms with E-state index in [-0.39, 0.29) is 12.5 Å². The lowest BCUT2D eigenvalue weighted by atomic mass is 10.2. The van der Waals surface area contributed by atoms with E-state index in [1.54, 1.807) is 19.0 Å². The van der Waals surface area contributed by atoms with Crippen molar-refractivity contribution in [2.75, 3.05) is 38.6 Å². The molecule has 0 aliphatic carbocycles.